The highest BCUT2D eigenvalue weighted by molar-refractivity contribution is 5.74. The maximum Gasteiger partial charge on any atom is 0.317 e. The minimum absolute atomic E-state index is 0.00247. The van der Waals surface area contributed by atoms with E-state index in [-0.39, 0.29) is 12.5 Å². The molecule has 0 aromatic rings. The van der Waals surface area contributed by atoms with Crippen molar-refractivity contribution in [2.24, 2.45) is 5.92 Å². The van der Waals surface area contributed by atoms with E-state index in [0.29, 0.717) is 24.9 Å². The molecule has 19 heavy (non-hydrogen) atoms. The minimum Gasteiger partial charge on any atom is -0.481 e. The van der Waals surface area contributed by atoms with E-state index < -0.39 is 5.97 Å². The SMILES string of the molecule is CC(CCNC(=O)N(C)C1CCCC1)CCC(=O)O. The second-order valence-electron chi connectivity index (χ2n) is 5.61. The van der Waals surface area contributed by atoms with Crippen LogP contribution in [-0.4, -0.2) is 41.6 Å². The first kappa shape index (κ1) is 15.8. The van der Waals surface area contributed by atoms with E-state index in [1.54, 1.807) is 0 Å². The second-order valence-corrected chi connectivity index (χ2v) is 5.61. The molecule has 0 spiro atoms. The zero-order chi connectivity index (χ0) is 14.3. The van der Waals surface area contributed by atoms with Crippen molar-refractivity contribution in [3.63, 3.8) is 0 Å². The molecule has 5 nitrogen and oxygen atoms in total. The molecule has 110 valence electrons. The van der Waals surface area contributed by atoms with Crippen LogP contribution in [0.4, 0.5) is 4.79 Å². The van der Waals surface area contributed by atoms with Crippen LogP contribution in [0.25, 0.3) is 0 Å². The number of carbonyl (C=O) groups is 2. The van der Waals surface area contributed by atoms with Crippen molar-refractivity contribution in [1.29, 1.82) is 0 Å². The lowest BCUT2D eigenvalue weighted by Gasteiger charge is -2.24. The highest BCUT2D eigenvalue weighted by Gasteiger charge is 2.22. The molecule has 1 saturated carbocycles. The molecule has 1 fully saturated rings. The number of rotatable bonds is 7. The maximum atomic E-state index is 11.9. The maximum absolute atomic E-state index is 11.9. The molecule has 0 aromatic heterocycles. The van der Waals surface area contributed by atoms with E-state index in [1.807, 2.05) is 18.9 Å². The monoisotopic (exact) mass is 270 g/mol. The summed E-state index contributed by atoms with van der Waals surface area (Å²) >= 11 is 0. The van der Waals surface area contributed by atoms with Crippen molar-refractivity contribution in [1.82, 2.24) is 10.2 Å². The Hall–Kier alpha value is -1.26. The highest BCUT2D eigenvalue weighted by Crippen LogP contribution is 2.22. The average molecular weight is 270 g/mol. The summed E-state index contributed by atoms with van der Waals surface area (Å²) in [6, 6.07) is 0.391. The molecule has 2 amide bonds. The van der Waals surface area contributed by atoms with E-state index in [2.05, 4.69) is 5.32 Å². The Balaban J connectivity index is 2.13. The number of amides is 2. The third kappa shape index (κ3) is 5.94. The van der Waals surface area contributed by atoms with Gasteiger partial charge in [-0.25, -0.2) is 4.79 Å². The fourth-order valence-corrected chi connectivity index (χ4v) is 2.52. The summed E-state index contributed by atoms with van der Waals surface area (Å²) in [5, 5.41) is 11.5. The van der Waals surface area contributed by atoms with E-state index in [0.717, 1.165) is 19.3 Å². The second kappa shape index (κ2) is 8.02. The smallest absolute Gasteiger partial charge is 0.317 e. The van der Waals surface area contributed by atoms with Crippen LogP contribution < -0.4 is 5.32 Å². The van der Waals surface area contributed by atoms with Gasteiger partial charge in [-0.05, 0) is 31.6 Å². The van der Waals surface area contributed by atoms with Crippen molar-refractivity contribution >= 4 is 12.0 Å². The van der Waals surface area contributed by atoms with Gasteiger partial charge < -0.3 is 15.3 Å². The number of carboxylic acids is 1. The van der Waals surface area contributed by atoms with Crippen LogP contribution in [0.3, 0.4) is 0 Å². The summed E-state index contributed by atoms with van der Waals surface area (Å²) in [4.78, 5) is 24.2. The van der Waals surface area contributed by atoms with Gasteiger partial charge in [0.2, 0.25) is 0 Å². The lowest BCUT2D eigenvalue weighted by Crippen LogP contribution is -2.43. The number of urea groups is 1. The largest absolute Gasteiger partial charge is 0.481 e. The molecule has 0 radical (unpaired) electrons. The normalized spacial score (nSPS) is 17.2. The molecule has 0 bridgehead atoms. The third-order valence-corrected chi connectivity index (χ3v) is 3.96. The molecule has 1 unspecified atom stereocenters. The Morgan fingerprint density at radius 2 is 1.95 bits per heavy atom. The quantitative estimate of drug-likeness (QED) is 0.746. The molecule has 5 heteroatoms. The van der Waals surface area contributed by atoms with Crippen molar-refractivity contribution in [2.75, 3.05) is 13.6 Å². The van der Waals surface area contributed by atoms with Gasteiger partial charge in [0.15, 0.2) is 0 Å². The van der Waals surface area contributed by atoms with Gasteiger partial charge in [0.05, 0.1) is 0 Å². The van der Waals surface area contributed by atoms with Crippen LogP contribution in [-0.2, 0) is 4.79 Å². The topological polar surface area (TPSA) is 69.6 Å². The number of aliphatic carboxylic acids is 1. The summed E-state index contributed by atoms with van der Waals surface area (Å²) in [6.45, 7) is 2.65. The van der Waals surface area contributed by atoms with Gasteiger partial charge in [0, 0.05) is 26.1 Å². The lowest BCUT2D eigenvalue weighted by atomic mass is 10.0. The molecule has 2 N–H and O–H groups in total. The van der Waals surface area contributed by atoms with Crippen LogP contribution in [0.2, 0.25) is 0 Å². The van der Waals surface area contributed by atoms with Crippen LogP contribution in [0.15, 0.2) is 0 Å². The van der Waals surface area contributed by atoms with Gasteiger partial charge in [0.1, 0.15) is 0 Å². The Kier molecular flexibility index (Phi) is 6.67. The number of nitrogens with one attached hydrogen (secondary N) is 1. The first-order valence-electron chi connectivity index (χ1n) is 7.23. The number of carbonyl (C=O) groups excluding carboxylic acids is 1. The zero-order valence-electron chi connectivity index (χ0n) is 12.0. The first-order chi connectivity index (χ1) is 9.00. The number of hydrogen-bond donors (Lipinski definition) is 2. The minimum atomic E-state index is -0.753. The molecule has 1 atom stereocenters. The van der Waals surface area contributed by atoms with Crippen molar-refractivity contribution in [3.8, 4) is 0 Å². The van der Waals surface area contributed by atoms with Gasteiger partial charge in [-0.3, -0.25) is 4.79 Å². The third-order valence-electron chi connectivity index (χ3n) is 3.96. The number of carboxylic acid groups (broad SMARTS) is 1. The van der Waals surface area contributed by atoms with Crippen molar-refractivity contribution in [2.45, 2.75) is 57.9 Å². The molecule has 1 rings (SSSR count). The van der Waals surface area contributed by atoms with E-state index in [1.165, 1.54) is 12.8 Å². The molecular formula is C14H26N2O3. The fraction of sp³-hybridized carbons (Fsp3) is 0.857. The van der Waals surface area contributed by atoms with Crippen LogP contribution in [0, 0.1) is 5.92 Å². The molecule has 0 saturated heterocycles. The van der Waals surface area contributed by atoms with Gasteiger partial charge in [-0.2, -0.15) is 0 Å². The predicted octanol–water partition coefficient (Wildman–Crippen LogP) is 2.46. The standard InChI is InChI=1S/C14H26N2O3/c1-11(7-8-13(17)18)9-10-15-14(19)16(2)12-5-3-4-6-12/h11-12H,3-10H2,1-2H3,(H,15,19)(H,17,18). The first-order valence-corrected chi connectivity index (χ1v) is 7.23. The van der Waals surface area contributed by atoms with E-state index in [4.69, 9.17) is 5.11 Å². The summed E-state index contributed by atoms with van der Waals surface area (Å²) in [5.74, 6) is -0.426. The Morgan fingerprint density at radius 3 is 2.53 bits per heavy atom. The van der Waals surface area contributed by atoms with Gasteiger partial charge in [-0.1, -0.05) is 19.8 Å². The summed E-state index contributed by atoms with van der Waals surface area (Å²) in [6.07, 6.45) is 6.36. The molecule has 0 aliphatic heterocycles. The summed E-state index contributed by atoms with van der Waals surface area (Å²) < 4.78 is 0. The summed E-state index contributed by atoms with van der Waals surface area (Å²) in [5.41, 5.74) is 0. The zero-order valence-corrected chi connectivity index (χ0v) is 12.0. The fourth-order valence-electron chi connectivity index (χ4n) is 2.52. The van der Waals surface area contributed by atoms with Crippen LogP contribution >= 0.6 is 0 Å². The molecule has 0 aromatic carbocycles. The lowest BCUT2D eigenvalue weighted by molar-refractivity contribution is -0.137. The van der Waals surface area contributed by atoms with Crippen molar-refractivity contribution < 1.29 is 14.7 Å². The molecule has 1 aliphatic rings. The van der Waals surface area contributed by atoms with Gasteiger partial charge in [-0.15, -0.1) is 0 Å². The van der Waals surface area contributed by atoms with E-state index in [9.17, 15) is 9.59 Å². The van der Waals surface area contributed by atoms with Crippen LogP contribution in [0.5, 0.6) is 0 Å². The van der Waals surface area contributed by atoms with Crippen molar-refractivity contribution in [3.05, 3.63) is 0 Å². The molecule has 1 aliphatic carbocycles. The number of hydrogen-bond acceptors (Lipinski definition) is 2. The molecular weight excluding hydrogens is 244 g/mol. The predicted molar refractivity (Wildman–Crippen MR) is 74.1 cm³/mol. The van der Waals surface area contributed by atoms with Crippen LogP contribution in [0.1, 0.15) is 51.9 Å². The molecule has 0 heterocycles. The Labute approximate surface area is 115 Å². The van der Waals surface area contributed by atoms with E-state index >= 15 is 0 Å². The Bertz CT molecular complexity index is 301. The Morgan fingerprint density at radius 1 is 1.32 bits per heavy atom. The summed E-state index contributed by atoms with van der Waals surface area (Å²) in [7, 11) is 1.86. The number of nitrogens with zero attached hydrogens (tertiary/aromatic N) is 1. The average Bonchev–Trinajstić information content (AvgIpc) is 2.89. The highest BCUT2D eigenvalue weighted by atomic mass is 16.4. The van der Waals surface area contributed by atoms with Gasteiger partial charge in [0.25, 0.3) is 0 Å². The van der Waals surface area contributed by atoms with Gasteiger partial charge >= 0.3 is 12.0 Å².